The van der Waals surface area contributed by atoms with Gasteiger partial charge < -0.3 is 26.5 Å². The summed E-state index contributed by atoms with van der Waals surface area (Å²) in [6, 6.07) is 5.46. The van der Waals surface area contributed by atoms with Gasteiger partial charge in [0.1, 0.15) is 12.0 Å². The van der Waals surface area contributed by atoms with Crippen molar-refractivity contribution in [3.05, 3.63) is 30.2 Å². The van der Waals surface area contributed by atoms with Crippen LogP contribution in [0.1, 0.15) is 5.69 Å². The highest BCUT2D eigenvalue weighted by atomic mass is 16.4. The van der Waals surface area contributed by atoms with Gasteiger partial charge in [-0.3, -0.25) is 0 Å². The minimum absolute atomic E-state index is 0.0507. The molecule has 2 aromatic heterocycles. The van der Waals surface area contributed by atoms with Gasteiger partial charge in [0.05, 0.1) is 17.9 Å². The third kappa shape index (κ3) is 4.18. The number of hydrogen-bond acceptors (Lipinski definition) is 6. The monoisotopic (exact) mass is 313 g/mol. The van der Waals surface area contributed by atoms with Crippen molar-refractivity contribution in [3.63, 3.8) is 0 Å². The Balaban J connectivity index is 2.20. The number of pyridine rings is 1. The number of nitrogens with zero attached hydrogens (tertiary/aromatic N) is 6. The summed E-state index contributed by atoms with van der Waals surface area (Å²) < 4.78 is 5.14. The highest BCUT2D eigenvalue weighted by molar-refractivity contribution is 5.78. The average Bonchev–Trinajstić information content (AvgIpc) is 2.95. The van der Waals surface area contributed by atoms with Crippen LogP contribution in [-0.4, -0.2) is 33.8 Å². The van der Waals surface area contributed by atoms with Crippen molar-refractivity contribution in [1.82, 2.24) is 14.9 Å². The second-order valence-corrected chi connectivity index (χ2v) is 4.49. The lowest BCUT2D eigenvalue weighted by Gasteiger charge is -2.16. The molecule has 2 heterocycles. The maximum absolute atomic E-state index is 8.50. The number of nitriles is 1. The first-order chi connectivity index (χ1) is 11.0. The summed E-state index contributed by atoms with van der Waals surface area (Å²) in [4.78, 5) is 17.4. The lowest BCUT2D eigenvalue weighted by atomic mass is 10.2. The predicted molar refractivity (Wildman–Crippen MR) is 83.9 cm³/mol. The van der Waals surface area contributed by atoms with Crippen LogP contribution < -0.4 is 17.2 Å². The van der Waals surface area contributed by atoms with Crippen molar-refractivity contribution in [3.8, 4) is 17.6 Å². The molecule has 0 saturated heterocycles. The maximum atomic E-state index is 8.50. The Kier molecular flexibility index (Phi) is 4.73. The average molecular weight is 313 g/mol. The molecule has 0 spiro atoms. The fourth-order valence-electron chi connectivity index (χ4n) is 1.71. The standard InChI is InChI=1S/C13H15N9O/c1-22(12(17)18-7-14)5-8-3-2-4-9(19-8)10-6-23-13(20-10)21-11(15)16/h2-4,6H,5H2,1H3,(H2,17,18)(H4,15,16,20,21). The van der Waals surface area contributed by atoms with Gasteiger partial charge in [0.2, 0.25) is 12.2 Å². The van der Waals surface area contributed by atoms with E-state index in [9.17, 15) is 0 Å². The molecule has 10 heteroatoms. The molecule has 0 aliphatic carbocycles. The number of oxazole rings is 1. The summed E-state index contributed by atoms with van der Waals surface area (Å²) in [5.74, 6) is -0.0369. The zero-order valence-electron chi connectivity index (χ0n) is 12.3. The van der Waals surface area contributed by atoms with Gasteiger partial charge in [0.25, 0.3) is 0 Å². The van der Waals surface area contributed by atoms with Crippen LogP contribution >= 0.6 is 0 Å². The highest BCUT2D eigenvalue weighted by Crippen LogP contribution is 2.20. The van der Waals surface area contributed by atoms with Crippen LogP contribution in [0.25, 0.3) is 11.4 Å². The van der Waals surface area contributed by atoms with E-state index in [1.807, 2.05) is 12.1 Å². The Morgan fingerprint density at radius 3 is 2.78 bits per heavy atom. The van der Waals surface area contributed by atoms with E-state index < -0.39 is 0 Å². The third-order valence-corrected chi connectivity index (χ3v) is 2.74. The van der Waals surface area contributed by atoms with Crippen molar-refractivity contribution in [2.24, 2.45) is 27.2 Å². The summed E-state index contributed by atoms with van der Waals surface area (Å²) in [6.07, 6.45) is 3.04. The quantitative estimate of drug-likeness (QED) is 0.398. The van der Waals surface area contributed by atoms with E-state index in [-0.39, 0.29) is 17.9 Å². The van der Waals surface area contributed by atoms with Crippen LogP contribution in [0.2, 0.25) is 0 Å². The van der Waals surface area contributed by atoms with Crippen LogP contribution in [0.3, 0.4) is 0 Å². The molecule has 0 unspecified atom stereocenters. The minimum Gasteiger partial charge on any atom is -0.430 e. The molecular weight excluding hydrogens is 298 g/mol. The van der Waals surface area contributed by atoms with Gasteiger partial charge in [-0.1, -0.05) is 6.07 Å². The van der Waals surface area contributed by atoms with Crippen LogP contribution in [0.5, 0.6) is 0 Å². The fourth-order valence-corrected chi connectivity index (χ4v) is 1.71. The Labute approximate surface area is 132 Å². The Hall–Kier alpha value is -3.61. The van der Waals surface area contributed by atoms with Crippen LogP contribution in [0.4, 0.5) is 6.01 Å². The minimum atomic E-state index is -0.144. The number of hydrogen-bond donors (Lipinski definition) is 3. The number of aromatic nitrogens is 2. The van der Waals surface area contributed by atoms with Gasteiger partial charge in [-0.05, 0) is 12.1 Å². The van der Waals surface area contributed by atoms with Gasteiger partial charge >= 0.3 is 6.01 Å². The molecule has 0 aliphatic heterocycles. The molecule has 0 radical (unpaired) electrons. The van der Waals surface area contributed by atoms with Crippen molar-refractivity contribution in [2.45, 2.75) is 6.54 Å². The molecule has 0 fully saturated rings. The first-order valence-corrected chi connectivity index (χ1v) is 6.44. The molecule has 0 atom stereocenters. The Morgan fingerprint density at radius 1 is 1.30 bits per heavy atom. The van der Waals surface area contributed by atoms with E-state index >= 15 is 0 Å². The van der Waals surface area contributed by atoms with Crippen LogP contribution in [0, 0.1) is 11.5 Å². The zero-order valence-corrected chi connectivity index (χ0v) is 12.3. The number of nitrogens with two attached hydrogens (primary N) is 3. The molecule has 118 valence electrons. The largest absolute Gasteiger partial charge is 0.430 e. The molecular formula is C13H15N9O. The number of guanidine groups is 2. The van der Waals surface area contributed by atoms with E-state index in [0.29, 0.717) is 23.6 Å². The SMILES string of the molecule is CN(Cc1cccc(-c2coc(N=C(N)N)n2)n1)C(N)=NC#N. The van der Waals surface area contributed by atoms with Gasteiger partial charge in [-0.15, -0.1) is 4.99 Å². The predicted octanol–water partition coefficient (Wildman–Crippen LogP) is -0.131. The molecule has 0 aliphatic rings. The molecule has 10 nitrogen and oxygen atoms in total. The molecule has 2 aromatic rings. The summed E-state index contributed by atoms with van der Waals surface area (Å²) >= 11 is 0. The topological polar surface area (TPSA) is 169 Å². The van der Waals surface area contributed by atoms with E-state index in [0.717, 1.165) is 0 Å². The first-order valence-electron chi connectivity index (χ1n) is 6.44. The second kappa shape index (κ2) is 6.90. The van der Waals surface area contributed by atoms with Crippen LogP contribution in [0.15, 0.2) is 38.9 Å². The molecule has 0 saturated carbocycles. The van der Waals surface area contributed by atoms with Crippen molar-refractivity contribution in [1.29, 1.82) is 5.26 Å². The van der Waals surface area contributed by atoms with E-state index in [1.54, 1.807) is 24.2 Å². The zero-order chi connectivity index (χ0) is 16.8. The molecule has 0 bridgehead atoms. The van der Waals surface area contributed by atoms with Crippen molar-refractivity contribution < 1.29 is 4.42 Å². The van der Waals surface area contributed by atoms with Gasteiger partial charge in [-0.25, -0.2) is 4.98 Å². The van der Waals surface area contributed by atoms with E-state index in [2.05, 4.69) is 20.0 Å². The Morgan fingerprint density at radius 2 is 2.09 bits per heavy atom. The fraction of sp³-hybridized carbons (Fsp3) is 0.154. The third-order valence-electron chi connectivity index (χ3n) is 2.74. The van der Waals surface area contributed by atoms with Crippen LogP contribution in [-0.2, 0) is 6.54 Å². The Bertz CT molecular complexity index is 783. The van der Waals surface area contributed by atoms with Gasteiger partial charge in [-0.2, -0.15) is 15.2 Å². The summed E-state index contributed by atoms with van der Waals surface area (Å²) in [6.45, 7) is 0.378. The summed E-state index contributed by atoms with van der Waals surface area (Å²) in [5.41, 5.74) is 18.0. The molecule has 0 aromatic carbocycles. The summed E-state index contributed by atoms with van der Waals surface area (Å²) in [7, 11) is 1.71. The maximum Gasteiger partial charge on any atom is 0.325 e. The van der Waals surface area contributed by atoms with E-state index in [4.69, 9.17) is 26.9 Å². The number of rotatable bonds is 4. The second-order valence-electron chi connectivity index (χ2n) is 4.49. The highest BCUT2D eigenvalue weighted by Gasteiger charge is 2.10. The van der Waals surface area contributed by atoms with E-state index in [1.165, 1.54) is 6.26 Å². The molecule has 0 amide bonds. The number of aliphatic imine (C=N–C) groups is 2. The van der Waals surface area contributed by atoms with Crippen molar-refractivity contribution in [2.75, 3.05) is 7.05 Å². The van der Waals surface area contributed by atoms with Gasteiger partial charge in [0.15, 0.2) is 5.96 Å². The molecule has 6 N–H and O–H groups in total. The smallest absolute Gasteiger partial charge is 0.325 e. The lowest BCUT2D eigenvalue weighted by molar-refractivity contribution is 0.487. The molecule has 23 heavy (non-hydrogen) atoms. The van der Waals surface area contributed by atoms with Gasteiger partial charge in [0, 0.05) is 7.05 Å². The normalized spacial score (nSPS) is 10.9. The lowest BCUT2D eigenvalue weighted by Crippen LogP contribution is -2.33. The van der Waals surface area contributed by atoms with Crippen molar-refractivity contribution >= 4 is 17.9 Å². The molecule has 2 rings (SSSR count). The summed E-state index contributed by atoms with van der Waals surface area (Å²) in [5, 5.41) is 8.50. The first kappa shape index (κ1) is 15.8.